The van der Waals surface area contributed by atoms with Gasteiger partial charge >= 0.3 is 6.03 Å². The maximum absolute atomic E-state index is 11.5. The molecule has 1 heterocycles. The molecule has 0 bridgehead atoms. The number of hydrogen-bond donors (Lipinski definition) is 2. The fraction of sp³-hybridized carbons (Fsp3) is 0.500. The Morgan fingerprint density at radius 2 is 2.12 bits per heavy atom. The van der Waals surface area contributed by atoms with Crippen LogP contribution >= 0.6 is 23.1 Å². The number of carbonyl (C=O) groups is 2. The van der Waals surface area contributed by atoms with E-state index in [2.05, 4.69) is 20.8 Å². The first-order valence-corrected chi connectivity index (χ1v) is 6.22. The monoisotopic (exact) mass is 260 g/mol. The molecule has 88 valence electrons. The Balaban J connectivity index is 2.48. The molecule has 0 spiro atoms. The smallest absolute Gasteiger partial charge is 0.321 e. The number of urea groups is 1. The molecule has 1 rings (SSSR count). The maximum Gasteiger partial charge on any atom is 0.321 e. The Kier molecular flexibility index (Phi) is 4.69. The van der Waals surface area contributed by atoms with Gasteiger partial charge in [-0.05, 0) is 13.8 Å². The predicted molar refractivity (Wildman–Crippen MR) is 62.6 cm³/mol. The van der Waals surface area contributed by atoms with Crippen LogP contribution in [0.3, 0.4) is 0 Å². The van der Waals surface area contributed by atoms with Gasteiger partial charge in [0.1, 0.15) is 5.01 Å². The molecule has 0 aromatic carbocycles. The molecule has 0 aliphatic carbocycles. The van der Waals surface area contributed by atoms with Gasteiger partial charge in [-0.3, -0.25) is 10.1 Å². The van der Waals surface area contributed by atoms with Crippen LogP contribution in [0.15, 0.2) is 4.34 Å². The Morgan fingerprint density at radius 3 is 2.62 bits per heavy atom. The van der Waals surface area contributed by atoms with E-state index < -0.39 is 6.03 Å². The highest BCUT2D eigenvalue weighted by Crippen LogP contribution is 2.25. The third-order valence-corrected chi connectivity index (χ3v) is 3.64. The van der Waals surface area contributed by atoms with E-state index >= 15 is 0 Å². The quantitative estimate of drug-likeness (QED) is 0.785. The molecule has 0 saturated heterocycles. The lowest BCUT2D eigenvalue weighted by atomic mass is 10.4. The number of rotatable bonds is 3. The molecule has 0 aliphatic heterocycles. The van der Waals surface area contributed by atoms with Gasteiger partial charge in [-0.15, -0.1) is 10.2 Å². The van der Waals surface area contributed by atoms with E-state index in [1.54, 1.807) is 6.92 Å². The number of carbonyl (C=O) groups excluding carboxylic acids is 2. The van der Waals surface area contributed by atoms with Crippen LogP contribution in [0, 0.1) is 6.92 Å². The average Bonchev–Trinajstić information content (AvgIpc) is 2.63. The molecule has 2 N–H and O–H groups in total. The minimum Gasteiger partial charge on any atom is -0.341 e. The number of aromatic nitrogens is 2. The first kappa shape index (κ1) is 12.9. The molecule has 6 nitrogen and oxygen atoms in total. The number of imide groups is 1. The van der Waals surface area contributed by atoms with Crippen LogP contribution in [0.1, 0.15) is 11.9 Å². The van der Waals surface area contributed by atoms with Crippen molar-refractivity contribution in [3.63, 3.8) is 0 Å². The van der Waals surface area contributed by atoms with Crippen LogP contribution in [0.5, 0.6) is 0 Å². The van der Waals surface area contributed by atoms with Gasteiger partial charge in [-0.25, -0.2) is 4.79 Å². The number of hydrogen-bond acceptors (Lipinski definition) is 6. The second-order valence-electron chi connectivity index (χ2n) is 2.92. The molecule has 0 radical (unpaired) electrons. The van der Waals surface area contributed by atoms with Gasteiger partial charge in [-0.2, -0.15) is 0 Å². The Morgan fingerprint density at radius 1 is 1.44 bits per heavy atom. The predicted octanol–water partition coefficient (Wildman–Crippen LogP) is 0.783. The highest BCUT2D eigenvalue weighted by molar-refractivity contribution is 8.02. The fourth-order valence-electron chi connectivity index (χ4n) is 0.807. The summed E-state index contributed by atoms with van der Waals surface area (Å²) in [5.41, 5.74) is 0. The van der Waals surface area contributed by atoms with Gasteiger partial charge in [-0.1, -0.05) is 23.1 Å². The van der Waals surface area contributed by atoms with Crippen molar-refractivity contribution >= 4 is 35.0 Å². The first-order chi connectivity index (χ1) is 7.52. The highest BCUT2D eigenvalue weighted by Gasteiger charge is 2.18. The van der Waals surface area contributed by atoms with Crippen molar-refractivity contribution in [2.45, 2.75) is 23.4 Å². The van der Waals surface area contributed by atoms with E-state index in [0.717, 1.165) is 9.35 Å². The molecule has 16 heavy (non-hydrogen) atoms. The minimum absolute atomic E-state index is 0.350. The standard InChI is InChI=1S/C8H12N4O2S2/c1-4(6(13)10-7(14)9-3)15-8-12-11-5(2)16-8/h4H,1-3H3,(H2,9,10,13,14)/t4-/m0/s1. The molecular weight excluding hydrogens is 248 g/mol. The Labute approximate surface area is 101 Å². The largest absolute Gasteiger partial charge is 0.341 e. The summed E-state index contributed by atoms with van der Waals surface area (Å²) in [6.45, 7) is 3.55. The topological polar surface area (TPSA) is 84.0 Å². The summed E-state index contributed by atoms with van der Waals surface area (Å²) >= 11 is 2.70. The van der Waals surface area contributed by atoms with E-state index in [1.807, 2.05) is 6.92 Å². The molecule has 1 aromatic heterocycles. The Hall–Kier alpha value is -1.15. The van der Waals surface area contributed by atoms with Gasteiger partial charge < -0.3 is 5.32 Å². The molecule has 1 atom stereocenters. The van der Waals surface area contributed by atoms with Crippen molar-refractivity contribution in [2.24, 2.45) is 0 Å². The zero-order valence-electron chi connectivity index (χ0n) is 9.10. The molecule has 3 amide bonds. The summed E-state index contributed by atoms with van der Waals surface area (Å²) in [5, 5.41) is 12.7. The van der Waals surface area contributed by atoms with Crippen LogP contribution in [0.4, 0.5) is 4.79 Å². The number of nitrogens with one attached hydrogen (secondary N) is 2. The molecule has 0 unspecified atom stereocenters. The third-order valence-electron chi connectivity index (χ3n) is 1.62. The van der Waals surface area contributed by atoms with Crippen molar-refractivity contribution < 1.29 is 9.59 Å². The molecule has 0 aliphatic rings. The van der Waals surface area contributed by atoms with E-state index in [0.29, 0.717) is 0 Å². The zero-order chi connectivity index (χ0) is 12.1. The van der Waals surface area contributed by atoms with Crippen LogP contribution < -0.4 is 10.6 Å². The third kappa shape index (κ3) is 3.78. The van der Waals surface area contributed by atoms with Crippen molar-refractivity contribution in [2.75, 3.05) is 7.05 Å². The van der Waals surface area contributed by atoms with Crippen molar-refractivity contribution in [3.8, 4) is 0 Å². The first-order valence-electron chi connectivity index (χ1n) is 4.52. The summed E-state index contributed by atoms with van der Waals surface area (Å²) in [6.07, 6.45) is 0. The summed E-state index contributed by atoms with van der Waals surface area (Å²) in [7, 11) is 1.45. The van der Waals surface area contributed by atoms with Crippen LogP contribution in [0.2, 0.25) is 0 Å². The van der Waals surface area contributed by atoms with Gasteiger partial charge in [0.05, 0.1) is 5.25 Å². The van der Waals surface area contributed by atoms with Gasteiger partial charge in [0, 0.05) is 7.05 Å². The summed E-state index contributed by atoms with van der Waals surface area (Å²) in [6, 6.07) is -0.508. The van der Waals surface area contributed by atoms with E-state index in [9.17, 15) is 9.59 Å². The number of aryl methyl sites for hydroxylation is 1. The zero-order valence-corrected chi connectivity index (χ0v) is 10.7. The molecule has 0 fully saturated rings. The van der Waals surface area contributed by atoms with Crippen LogP contribution in [-0.2, 0) is 4.79 Å². The Bertz CT molecular complexity index is 393. The van der Waals surface area contributed by atoms with Gasteiger partial charge in [0.15, 0.2) is 4.34 Å². The van der Waals surface area contributed by atoms with E-state index in [-0.39, 0.29) is 11.2 Å². The summed E-state index contributed by atoms with van der Waals surface area (Å²) < 4.78 is 0.719. The number of nitrogens with zero attached hydrogens (tertiary/aromatic N) is 2. The SMILES string of the molecule is CNC(=O)NC(=O)[C@H](C)Sc1nnc(C)s1. The van der Waals surface area contributed by atoms with Gasteiger partial charge in [0.25, 0.3) is 0 Å². The highest BCUT2D eigenvalue weighted by atomic mass is 32.2. The van der Waals surface area contributed by atoms with Crippen LogP contribution in [-0.4, -0.2) is 34.4 Å². The van der Waals surface area contributed by atoms with Crippen LogP contribution in [0.25, 0.3) is 0 Å². The van der Waals surface area contributed by atoms with Crippen molar-refractivity contribution in [3.05, 3.63) is 5.01 Å². The van der Waals surface area contributed by atoms with Gasteiger partial charge in [0.2, 0.25) is 5.91 Å². The lowest BCUT2D eigenvalue weighted by Crippen LogP contribution is -2.41. The van der Waals surface area contributed by atoms with E-state index in [1.165, 1.54) is 30.1 Å². The molecular formula is C8H12N4O2S2. The lowest BCUT2D eigenvalue weighted by molar-refractivity contribution is -0.119. The fourth-order valence-corrected chi connectivity index (χ4v) is 2.77. The molecule has 1 aromatic rings. The van der Waals surface area contributed by atoms with E-state index in [4.69, 9.17) is 0 Å². The maximum atomic E-state index is 11.5. The normalized spacial score (nSPS) is 11.9. The second-order valence-corrected chi connectivity index (χ2v) is 5.69. The average molecular weight is 260 g/mol. The van der Waals surface area contributed by atoms with Crippen molar-refractivity contribution in [1.82, 2.24) is 20.8 Å². The minimum atomic E-state index is -0.508. The number of thioether (sulfide) groups is 1. The number of amides is 3. The molecule has 8 heteroatoms. The second kappa shape index (κ2) is 5.80. The molecule has 0 saturated carbocycles. The van der Waals surface area contributed by atoms with Crippen molar-refractivity contribution in [1.29, 1.82) is 0 Å². The summed E-state index contributed by atoms with van der Waals surface area (Å²) in [5.74, 6) is -0.350. The summed E-state index contributed by atoms with van der Waals surface area (Å²) in [4.78, 5) is 22.4. The lowest BCUT2D eigenvalue weighted by Gasteiger charge is -2.08.